The highest BCUT2D eigenvalue weighted by atomic mass is 19.1. The number of imidazole rings is 1. The number of fused-ring (bicyclic) bond motifs is 1. The molecule has 1 saturated heterocycles. The van der Waals surface area contributed by atoms with Gasteiger partial charge in [0.05, 0.1) is 16.9 Å². The monoisotopic (exact) mass is 506 g/mol. The van der Waals surface area contributed by atoms with E-state index in [2.05, 4.69) is 40.7 Å². The molecule has 2 aromatic carbocycles. The van der Waals surface area contributed by atoms with Crippen molar-refractivity contribution >= 4 is 28.3 Å². The molecule has 0 radical (unpaired) electrons. The van der Waals surface area contributed by atoms with E-state index < -0.39 is 28.8 Å². The minimum Gasteiger partial charge on any atom is -0.368 e. The van der Waals surface area contributed by atoms with Gasteiger partial charge in [-0.2, -0.15) is 9.78 Å². The third-order valence-corrected chi connectivity index (χ3v) is 6.75. The van der Waals surface area contributed by atoms with Crippen molar-refractivity contribution in [2.24, 2.45) is 13.0 Å². The van der Waals surface area contributed by atoms with Crippen molar-refractivity contribution in [3.63, 3.8) is 0 Å². The molecule has 1 N–H and O–H groups in total. The molecule has 10 heteroatoms. The first kappa shape index (κ1) is 24.6. The Labute approximate surface area is 212 Å². The fourth-order valence-corrected chi connectivity index (χ4v) is 4.91. The number of aryl methyl sites for hydroxylation is 1. The molecule has 1 aliphatic rings. The number of carbonyl (C=O) groups is 1. The molecule has 0 aliphatic carbocycles. The number of hydrogen-bond acceptors (Lipinski definition) is 5. The Hall–Kier alpha value is -4.08. The summed E-state index contributed by atoms with van der Waals surface area (Å²) >= 11 is 0. The topological polar surface area (TPSA) is 85.1 Å². The van der Waals surface area contributed by atoms with E-state index in [0.29, 0.717) is 16.3 Å². The van der Waals surface area contributed by atoms with Gasteiger partial charge < -0.3 is 14.8 Å². The summed E-state index contributed by atoms with van der Waals surface area (Å²) in [7, 11) is 1.98. The normalized spacial score (nSPS) is 15.6. The summed E-state index contributed by atoms with van der Waals surface area (Å²) in [4.78, 5) is 32.8. The van der Waals surface area contributed by atoms with Gasteiger partial charge in [-0.15, -0.1) is 0 Å². The van der Waals surface area contributed by atoms with Crippen LogP contribution in [-0.4, -0.2) is 38.3 Å². The van der Waals surface area contributed by atoms with Gasteiger partial charge in [0, 0.05) is 32.1 Å². The van der Waals surface area contributed by atoms with Crippen molar-refractivity contribution in [2.75, 3.05) is 23.3 Å². The fourth-order valence-electron chi connectivity index (χ4n) is 4.91. The van der Waals surface area contributed by atoms with Crippen LogP contribution in [0.4, 0.5) is 20.2 Å². The second-order valence-electron chi connectivity index (χ2n) is 9.85. The first-order valence-electron chi connectivity index (χ1n) is 12.3. The van der Waals surface area contributed by atoms with Crippen molar-refractivity contribution in [2.45, 2.75) is 33.1 Å². The minimum atomic E-state index is -0.959. The third kappa shape index (κ3) is 4.36. The molecule has 0 spiro atoms. The number of benzene rings is 2. The first-order chi connectivity index (χ1) is 17.7. The van der Waals surface area contributed by atoms with E-state index in [-0.39, 0.29) is 11.6 Å². The van der Waals surface area contributed by atoms with E-state index in [0.717, 1.165) is 60.3 Å². The van der Waals surface area contributed by atoms with E-state index >= 15 is 0 Å². The average Bonchev–Trinajstić information content (AvgIpc) is 3.43. The van der Waals surface area contributed by atoms with Crippen LogP contribution in [0.1, 0.15) is 49.4 Å². The van der Waals surface area contributed by atoms with Gasteiger partial charge in [0.2, 0.25) is 0 Å². The number of amides is 1. The standard InChI is InChI=1S/C27H28F2N6O2/c1-15(2)26-31-23-21(33(26)4)10-8-19(25(23)34-13-12-16(3)14-34)30-27(37)20-9-11-22(36)35(32-20)24-17(28)6-5-7-18(24)29/h5-11,15-16H,12-14H2,1-4H3,(H,30,37). The summed E-state index contributed by atoms with van der Waals surface area (Å²) in [6.45, 7) is 8.00. The largest absolute Gasteiger partial charge is 0.368 e. The third-order valence-electron chi connectivity index (χ3n) is 6.75. The van der Waals surface area contributed by atoms with E-state index in [9.17, 15) is 18.4 Å². The van der Waals surface area contributed by atoms with Crippen LogP contribution in [0, 0.1) is 17.6 Å². The lowest BCUT2D eigenvalue weighted by molar-refractivity contribution is 0.102. The molecule has 1 aliphatic heterocycles. The van der Waals surface area contributed by atoms with E-state index in [1.165, 1.54) is 12.1 Å². The van der Waals surface area contributed by atoms with Crippen LogP contribution >= 0.6 is 0 Å². The van der Waals surface area contributed by atoms with Crippen LogP contribution in [-0.2, 0) is 7.05 Å². The maximum atomic E-state index is 14.3. The number of nitrogens with one attached hydrogen (secondary N) is 1. The van der Waals surface area contributed by atoms with Gasteiger partial charge >= 0.3 is 0 Å². The number of hydrogen-bond donors (Lipinski definition) is 1. The number of rotatable bonds is 5. The molecule has 1 unspecified atom stereocenters. The number of para-hydroxylation sites is 1. The van der Waals surface area contributed by atoms with Crippen LogP contribution in [0.25, 0.3) is 16.7 Å². The molecule has 4 aromatic rings. The molecular weight excluding hydrogens is 478 g/mol. The lowest BCUT2D eigenvalue weighted by Crippen LogP contribution is -2.27. The Morgan fingerprint density at radius 3 is 2.46 bits per heavy atom. The lowest BCUT2D eigenvalue weighted by atomic mass is 10.1. The smallest absolute Gasteiger partial charge is 0.276 e. The second-order valence-corrected chi connectivity index (χ2v) is 9.85. The van der Waals surface area contributed by atoms with Crippen LogP contribution in [0.2, 0.25) is 0 Å². The van der Waals surface area contributed by atoms with Gasteiger partial charge in [-0.3, -0.25) is 9.59 Å². The minimum absolute atomic E-state index is 0.160. The zero-order valence-electron chi connectivity index (χ0n) is 21.1. The van der Waals surface area contributed by atoms with Crippen molar-refractivity contribution in [1.29, 1.82) is 0 Å². The molecule has 37 heavy (non-hydrogen) atoms. The summed E-state index contributed by atoms with van der Waals surface area (Å²) in [6, 6.07) is 9.28. The Bertz CT molecular complexity index is 1560. The molecule has 1 fully saturated rings. The summed E-state index contributed by atoms with van der Waals surface area (Å²) in [6.07, 6.45) is 1.02. The van der Waals surface area contributed by atoms with Crippen molar-refractivity contribution < 1.29 is 13.6 Å². The van der Waals surface area contributed by atoms with Crippen molar-refractivity contribution in [3.05, 3.63) is 76.0 Å². The predicted molar refractivity (Wildman–Crippen MR) is 139 cm³/mol. The van der Waals surface area contributed by atoms with Gasteiger partial charge in [0.15, 0.2) is 11.6 Å². The van der Waals surface area contributed by atoms with E-state index in [4.69, 9.17) is 4.98 Å². The van der Waals surface area contributed by atoms with Crippen LogP contribution in [0.5, 0.6) is 0 Å². The highest BCUT2D eigenvalue weighted by molar-refractivity contribution is 6.08. The molecular formula is C27H28F2N6O2. The predicted octanol–water partition coefficient (Wildman–Crippen LogP) is 4.62. The number of aromatic nitrogens is 4. The Kier molecular flexibility index (Phi) is 6.26. The van der Waals surface area contributed by atoms with Crippen molar-refractivity contribution in [3.8, 4) is 5.69 Å². The number of halogens is 2. The second kappa shape index (κ2) is 9.42. The molecule has 0 bridgehead atoms. The molecule has 2 aromatic heterocycles. The molecule has 1 amide bonds. The van der Waals surface area contributed by atoms with Gasteiger partial charge in [-0.25, -0.2) is 13.8 Å². The number of anilines is 2. The zero-order valence-corrected chi connectivity index (χ0v) is 21.1. The van der Waals surface area contributed by atoms with Crippen molar-refractivity contribution in [1.82, 2.24) is 19.3 Å². The maximum absolute atomic E-state index is 14.3. The first-order valence-corrected chi connectivity index (χ1v) is 12.3. The number of nitrogens with zero attached hydrogens (tertiary/aromatic N) is 5. The highest BCUT2D eigenvalue weighted by Gasteiger charge is 2.27. The lowest BCUT2D eigenvalue weighted by Gasteiger charge is -2.22. The molecule has 0 saturated carbocycles. The summed E-state index contributed by atoms with van der Waals surface area (Å²) in [5.41, 5.74) is 1.57. The average molecular weight is 507 g/mol. The molecule has 192 valence electrons. The fraction of sp³-hybridized carbons (Fsp3) is 0.333. The van der Waals surface area contributed by atoms with Gasteiger partial charge in [-0.05, 0) is 42.7 Å². The van der Waals surface area contributed by atoms with E-state index in [1.807, 2.05) is 19.2 Å². The van der Waals surface area contributed by atoms with Gasteiger partial charge in [0.1, 0.15) is 22.7 Å². The van der Waals surface area contributed by atoms with Gasteiger partial charge in [-0.1, -0.05) is 26.8 Å². The van der Waals surface area contributed by atoms with Crippen LogP contribution in [0.15, 0.2) is 47.3 Å². The molecule has 8 nitrogen and oxygen atoms in total. The van der Waals surface area contributed by atoms with Crippen LogP contribution < -0.4 is 15.8 Å². The zero-order chi connectivity index (χ0) is 26.4. The summed E-state index contributed by atoms with van der Waals surface area (Å²) in [5.74, 6) is -0.887. The summed E-state index contributed by atoms with van der Waals surface area (Å²) in [5, 5.41) is 6.88. The SMILES string of the molecule is CC1CCN(c2c(NC(=O)c3ccc(=O)n(-c4c(F)cccc4F)n3)ccc3c2nc(C(C)C)n3C)C1. The van der Waals surface area contributed by atoms with E-state index in [1.54, 1.807) is 0 Å². The quantitative estimate of drug-likeness (QED) is 0.427. The maximum Gasteiger partial charge on any atom is 0.276 e. The highest BCUT2D eigenvalue weighted by Crippen LogP contribution is 2.38. The number of carbonyl (C=O) groups excluding carboxylic acids is 1. The molecule has 5 rings (SSSR count). The Balaban J connectivity index is 1.58. The Morgan fingerprint density at radius 1 is 1.08 bits per heavy atom. The molecule has 1 atom stereocenters. The van der Waals surface area contributed by atoms with Crippen LogP contribution in [0.3, 0.4) is 0 Å². The van der Waals surface area contributed by atoms with Gasteiger partial charge in [0.25, 0.3) is 11.5 Å². The summed E-state index contributed by atoms with van der Waals surface area (Å²) < 4.78 is 31.3. The Morgan fingerprint density at radius 2 is 1.81 bits per heavy atom. The molecule has 3 heterocycles.